The van der Waals surface area contributed by atoms with Crippen molar-refractivity contribution < 1.29 is 5.11 Å². The van der Waals surface area contributed by atoms with Crippen LogP contribution in [0.25, 0.3) is 0 Å². The van der Waals surface area contributed by atoms with E-state index in [1.165, 1.54) is 0 Å². The molecule has 1 unspecified atom stereocenters. The molecule has 1 aliphatic heterocycles. The van der Waals surface area contributed by atoms with Crippen LogP contribution in [-0.2, 0) is 0 Å². The first kappa shape index (κ1) is 11.2. The van der Waals surface area contributed by atoms with Crippen LogP contribution in [0.3, 0.4) is 0 Å². The summed E-state index contributed by atoms with van der Waals surface area (Å²) in [6, 6.07) is 10.0. The summed E-state index contributed by atoms with van der Waals surface area (Å²) in [5.41, 5.74) is 0.217. The summed E-state index contributed by atoms with van der Waals surface area (Å²) in [5.74, 6) is 0. The van der Waals surface area contributed by atoms with Gasteiger partial charge in [-0.15, -0.1) is 6.58 Å². The summed E-state index contributed by atoms with van der Waals surface area (Å²) in [6.45, 7) is 6.00. The predicted octanol–water partition coefficient (Wildman–Crippen LogP) is 1.36. The maximum Gasteiger partial charge on any atom is 0.154 e. The van der Waals surface area contributed by atoms with E-state index in [0.29, 0.717) is 13.0 Å². The molecule has 0 aromatic heterocycles. The number of para-hydroxylation sites is 1. The van der Waals surface area contributed by atoms with Gasteiger partial charge in [0.2, 0.25) is 0 Å². The topological polar surface area (TPSA) is 35.5 Å². The second-order valence-corrected chi connectivity index (χ2v) is 4.14. The van der Waals surface area contributed by atoms with E-state index in [1.54, 1.807) is 6.08 Å². The van der Waals surface area contributed by atoms with Gasteiger partial charge in [0, 0.05) is 31.7 Å². The zero-order chi connectivity index (χ0) is 11.4. The van der Waals surface area contributed by atoms with Crippen molar-refractivity contribution in [2.75, 3.05) is 24.5 Å². The molecular weight excluding hydrogens is 200 g/mol. The Morgan fingerprint density at radius 1 is 1.44 bits per heavy atom. The van der Waals surface area contributed by atoms with Gasteiger partial charge in [-0.25, -0.2) is 0 Å². The second-order valence-electron chi connectivity index (χ2n) is 4.14. The van der Waals surface area contributed by atoms with Crippen LogP contribution < -0.4 is 10.2 Å². The van der Waals surface area contributed by atoms with E-state index in [1.807, 2.05) is 35.2 Å². The van der Waals surface area contributed by atoms with Crippen molar-refractivity contribution in [2.45, 2.75) is 12.1 Å². The molecule has 1 aliphatic rings. The van der Waals surface area contributed by atoms with E-state index in [2.05, 4.69) is 11.9 Å². The highest BCUT2D eigenvalue weighted by molar-refractivity contribution is 5.49. The van der Waals surface area contributed by atoms with Crippen molar-refractivity contribution in [2.24, 2.45) is 0 Å². The maximum atomic E-state index is 10.6. The SMILES string of the molecule is C=CCC1(O)CNCCN1c1ccccc1. The van der Waals surface area contributed by atoms with Crippen molar-refractivity contribution in [3.8, 4) is 0 Å². The molecule has 1 aromatic rings. The number of anilines is 1. The number of hydrogen-bond donors (Lipinski definition) is 2. The summed E-state index contributed by atoms with van der Waals surface area (Å²) in [5, 5.41) is 13.8. The highest BCUT2D eigenvalue weighted by Gasteiger charge is 2.35. The Hall–Kier alpha value is -1.32. The predicted molar refractivity (Wildman–Crippen MR) is 66.4 cm³/mol. The lowest BCUT2D eigenvalue weighted by Gasteiger charge is -2.44. The first-order valence-corrected chi connectivity index (χ1v) is 5.63. The Bertz CT molecular complexity index is 352. The Morgan fingerprint density at radius 3 is 2.88 bits per heavy atom. The Balaban J connectivity index is 2.26. The number of benzene rings is 1. The van der Waals surface area contributed by atoms with E-state index in [-0.39, 0.29) is 0 Å². The number of nitrogens with one attached hydrogen (secondary N) is 1. The molecular formula is C13H18N2O. The minimum absolute atomic E-state index is 0.564. The number of aliphatic hydroxyl groups is 1. The zero-order valence-corrected chi connectivity index (χ0v) is 9.39. The van der Waals surface area contributed by atoms with Crippen molar-refractivity contribution in [1.29, 1.82) is 0 Å². The van der Waals surface area contributed by atoms with Crippen LogP contribution >= 0.6 is 0 Å². The van der Waals surface area contributed by atoms with E-state index in [0.717, 1.165) is 18.8 Å². The molecule has 0 radical (unpaired) electrons. The average Bonchev–Trinajstić information content (AvgIpc) is 2.31. The van der Waals surface area contributed by atoms with E-state index < -0.39 is 5.72 Å². The molecule has 1 atom stereocenters. The molecule has 1 heterocycles. The monoisotopic (exact) mass is 218 g/mol. The average molecular weight is 218 g/mol. The highest BCUT2D eigenvalue weighted by Crippen LogP contribution is 2.26. The summed E-state index contributed by atoms with van der Waals surface area (Å²) >= 11 is 0. The third-order valence-electron chi connectivity index (χ3n) is 2.96. The van der Waals surface area contributed by atoms with E-state index in [4.69, 9.17) is 0 Å². The fraction of sp³-hybridized carbons (Fsp3) is 0.385. The van der Waals surface area contributed by atoms with Gasteiger partial charge >= 0.3 is 0 Å². The van der Waals surface area contributed by atoms with Crippen LogP contribution in [0.2, 0.25) is 0 Å². The van der Waals surface area contributed by atoms with Crippen molar-refractivity contribution in [3.05, 3.63) is 43.0 Å². The molecule has 0 saturated carbocycles. The minimum Gasteiger partial charge on any atom is -0.369 e. The molecule has 0 bridgehead atoms. The molecule has 3 nitrogen and oxygen atoms in total. The van der Waals surface area contributed by atoms with Crippen LogP contribution in [0.15, 0.2) is 43.0 Å². The van der Waals surface area contributed by atoms with Gasteiger partial charge in [-0.3, -0.25) is 0 Å². The molecule has 86 valence electrons. The normalized spacial score (nSPS) is 25.4. The molecule has 1 aromatic carbocycles. The third-order valence-corrected chi connectivity index (χ3v) is 2.96. The molecule has 2 N–H and O–H groups in total. The number of nitrogens with zero attached hydrogens (tertiary/aromatic N) is 1. The van der Waals surface area contributed by atoms with Gasteiger partial charge in [0.1, 0.15) is 0 Å². The van der Waals surface area contributed by atoms with Crippen LogP contribution in [-0.4, -0.2) is 30.5 Å². The number of β-amino-alcohol motifs (C(OH)–C–C–N with tert-alkyl or cyclic N) is 1. The summed E-state index contributed by atoms with van der Waals surface area (Å²) < 4.78 is 0. The largest absolute Gasteiger partial charge is 0.369 e. The van der Waals surface area contributed by atoms with Crippen molar-refractivity contribution in [1.82, 2.24) is 5.32 Å². The summed E-state index contributed by atoms with van der Waals surface area (Å²) in [7, 11) is 0. The van der Waals surface area contributed by atoms with E-state index >= 15 is 0 Å². The number of piperazine rings is 1. The standard InChI is InChI=1S/C13H18N2O/c1-2-8-13(16)11-14-9-10-15(13)12-6-4-3-5-7-12/h2-7,14,16H,1,8-11H2. The zero-order valence-electron chi connectivity index (χ0n) is 9.39. The molecule has 2 rings (SSSR count). The lowest BCUT2D eigenvalue weighted by atomic mass is 10.0. The lowest BCUT2D eigenvalue weighted by molar-refractivity contribution is 0.0281. The van der Waals surface area contributed by atoms with Gasteiger partial charge in [0.25, 0.3) is 0 Å². The maximum absolute atomic E-state index is 10.6. The molecule has 16 heavy (non-hydrogen) atoms. The van der Waals surface area contributed by atoms with Gasteiger partial charge < -0.3 is 15.3 Å². The Morgan fingerprint density at radius 2 is 2.19 bits per heavy atom. The number of rotatable bonds is 3. The summed E-state index contributed by atoms with van der Waals surface area (Å²) in [4.78, 5) is 2.05. The molecule has 3 heteroatoms. The molecule has 0 amide bonds. The third kappa shape index (κ3) is 2.10. The van der Waals surface area contributed by atoms with E-state index in [9.17, 15) is 5.11 Å². The Labute approximate surface area is 96.4 Å². The Kier molecular flexibility index (Phi) is 3.27. The quantitative estimate of drug-likeness (QED) is 0.752. The van der Waals surface area contributed by atoms with Crippen LogP contribution in [0, 0.1) is 0 Å². The molecule has 0 aliphatic carbocycles. The second kappa shape index (κ2) is 4.68. The molecule has 0 spiro atoms. The number of hydrogen-bond acceptors (Lipinski definition) is 3. The summed E-state index contributed by atoms with van der Waals surface area (Å²) in [6.07, 6.45) is 2.33. The van der Waals surface area contributed by atoms with Gasteiger partial charge in [0.05, 0.1) is 0 Å². The van der Waals surface area contributed by atoms with Gasteiger partial charge in [0.15, 0.2) is 5.72 Å². The fourth-order valence-corrected chi connectivity index (χ4v) is 2.17. The van der Waals surface area contributed by atoms with Crippen molar-refractivity contribution in [3.63, 3.8) is 0 Å². The first-order valence-electron chi connectivity index (χ1n) is 5.63. The highest BCUT2D eigenvalue weighted by atomic mass is 16.3. The van der Waals surface area contributed by atoms with Crippen LogP contribution in [0.5, 0.6) is 0 Å². The van der Waals surface area contributed by atoms with Crippen molar-refractivity contribution >= 4 is 5.69 Å². The van der Waals surface area contributed by atoms with Crippen LogP contribution in [0.1, 0.15) is 6.42 Å². The van der Waals surface area contributed by atoms with Crippen LogP contribution in [0.4, 0.5) is 5.69 Å². The smallest absolute Gasteiger partial charge is 0.154 e. The molecule has 1 saturated heterocycles. The van der Waals surface area contributed by atoms with Gasteiger partial charge in [-0.2, -0.15) is 0 Å². The fourth-order valence-electron chi connectivity index (χ4n) is 2.17. The first-order chi connectivity index (χ1) is 7.76. The van der Waals surface area contributed by atoms with Gasteiger partial charge in [-0.05, 0) is 12.1 Å². The van der Waals surface area contributed by atoms with Gasteiger partial charge in [-0.1, -0.05) is 24.3 Å². The lowest BCUT2D eigenvalue weighted by Crippen LogP contribution is -2.61. The minimum atomic E-state index is -0.846. The molecule has 1 fully saturated rings.